The number of urea groups is 1. The van der Waals surface area contributed by atoms with Crippen LogP contribution in [0.25, 0.3) is 9.40 Å². The number of carbonyl (C=O) groups excluding carboxylic acids is 5. The quantitative estimate of drug-likeness (QED) is 0.468. The molecule has 4 rings (SSSR count). The normalized spacial score (nSPS) is 19.4. The fraction of sp³-hybridized carbons (Fsp3) is 0.400. The van der Waals surface area contributed by atoms with Gasteiger partial charge in [0.25, 0.3) is 5.91 Å². The van der Waals surface area contributed by atoms with Crippen LogP contribution in [0.15, 0.2) is 17.5 Å². The first-order valence-corrected chi connectivity index (χ1v) is 12.1. The van der Waals surface area contributed by atoms with Crippen molar-refractivity contribution < 1.29 is 33.9 Å². The van der Waals surface area contributed by atoms with Gasteiger partial charge in [0.2, 0.25) is 11.8 Å². The number of hydrogen-bond acceptors (Lipinski definition) is 8. The number of amides is 5. The second-order valence-electron chi connectivity index (χ2n) is 7.77. The van der Waals surface area contributed by atoms with Crippen LogP contribution in [-0.4, -0.2) is 81.3 Å². The number of carbonyl (C=O) groups is 6. The van der Waals surface area contributed by atoms with Gasteiger partial charge in [0.15, 0.2) is 0 Å². The van der Waals surface area contributed by atoms with Crippen LogP contribution in [0.2, 0.25) is 0 Å². The van der Waals surface area contributed by atoms with Gasteiger partial charge in [-0.25, -0.2) is 19.8 Å². The Morgan fingerprint density at radius 2 is 2.06 bits per heavy atom. The zero-order valence-corrected chi connectivity index (χ0v) is 19.4. The van der Waals surface area contributed by atoms with Gasteiger partial charge < -0.3 is 15.2 Å². The Hall–Kier alpha value is -3.52. The summed E-state index contributed by atoms with van der Waals surface area (Å²) in [6, 6.07) is 0.408. The minimum atomic E-state index is -1.28. The number of rotatable bonds is 7. The number of hydrazine groups is 2. The molecule has 0 spiro atoms. The molecule has 4 heterocycles. The Morgan fingerprint density at radius 3 is 2.76 bits per heavy atom. The zero-order chi connectivity index (χ0) is 24.4. The Labute approximate surface area is 201 Å². The smallest absolute Gasteiger partial charge is 0.358 e. The lowest BCUT2D eigenvalue weighted by Gasteiger charge is -2.42. The molecule has 12 nitrogen and oxygen atoms in total. The molecule has 2 fully saturated rings. The largest absolute Gasteiger partial charge is 0.481 e. The summed E-state index contributed by atoms with van der Waals surface area (Å²) in [5.41, 5.74) is 2.54. The van der Waals surface area contributed by atoms with Crippen molar-refractivity contribution in [2.24, 2.45) is 0 Å². The summed E-state index contributed by atoms with van der Waals surface area (Å²) in [6.45, 7) is 0.129. The van der Waals surface area contributed by atoms with E-state index in [2.05, 4.69) is 10.7 Å². The highest BCUT2D eigenvalue weighted by Gasteiger charge is 2.44. The molecule has 2 aliphatic rings. The molecule has 0 radical (unpaired) electrons. The second-order valence-corrected chi connectivity index (χ2v) is 9.99. The molecule has 0 bridgehead atoms. The summed E-state index contributed by atoms with van der Waals surface area (Å²) in [4.78, 5) is 74.3. The standard InChI is InChI=1S/C20H21N5O7S2/c26-10-12(9-16(28)29)21-17(30)13-2-1-5-24-15(27)3-6-23(20(32)25(13)24)22-18(31)14-8-11-4-7-33-19(11)34-14/h4,7-8,10,12-13H,1-3,5-6,9H2,(H,21,30)(H,22,31)(H,28,29)/t12-,13-/m0/s1. The van der Waals surface area contributed by atoms with Crippen LogP contribution in [-0.2, 0) is 19.2 Å². The first-order chi connectivity index (χ1) is 16.3. The summed E-state index contributed by atoms with van der Waals surface area (Å²) in [5.74, 6) is -2.93. The molecule has 2 aromatic heterocycles. The van der Waals surface area contributed by atoms with E-state index in [1.807, 2.05) is 11.4 Å². The Balaban J connectivity index is 1.53. The number of carboxylic acid groups (broad SMARTS) is 1. The number of aldehydes is 1. The maximum atomic E-state index is 13.4. The minimum absolute atomic E-state index is 0.0631. The van der Waals surface area contributed by atoms with E-state index in [1.54, 1.807) is 6.07 Å². The predicted molar refractivity (Wildman–Crippen MR) is 121 cm³/mol. The maximum absolute atomic E-state index is 13.4. The van der Waals surface area contributed by atoms with Crippen molar-refractivity contribution in [3.05, 3.63) is 22.4 Å². The number of thiophene rings is 2. The second kappa shape index (κ2) is 9.77. The molecular weight excluding hydrogens is 486 g/mol. The van der Waals surface area contributed by atoms with Crippen LogP contribution in [0.4, 0.5) is 4.79 Å². The third-order valence-electron chi connectivity index (χ3n) is 5.46. The van der Waals surface area contributed by atoms with Gasteiger partial charge in [-0.15, -0.1) is 22.7 Å². The highest BCUT2D eigenvalue weighted by atomic mass is 32.2. The van der Waals surface area contributed by atoms with E-state index >= 15 is 0 Å². The average Bonchev–Trinajstić information content (AvgIpc) is 3.39. The summed E-state index contributed by atoms with van der Waals surface area (Å²) in [6.07, 6.45) is 0.255. The van der Waals surface area contributed by atoms with Crippen LogP contribution < -0.4 is 10.7 Å². The van der Waals surface area contributed by atoms with E-state index in [9.17, 15) is 28.8 Å². The van der Waals surface area contributed by atoms with E-state index in [0.29, 0.717) is 17.6 Å². The van der Waals surface area contributed by atoms with Crippen LogP contribution in [0.5, 0.6) is 0 Å². The molecule has 2 aliphatic heterocycles. The van der Waals surface area contributed by atoms with Gasteiger partial charge in [-0.1, -0.05) is 0 Å². The van der Waals surface area contributed by atoms with Gasteiger partial charge in [-0.05, 0) is 30.4 Å². The highest BCUT2D eigenvalue weighted by molar-refractivity contribution is 7.38. The summed E-state index contributed by atoms with van der Waals surface area (Å²) in [7, 11) is 0. The molecule has 3 N–H and O–H groups in total. The summed E-state index contributed by atoms with van der Waals surface area (Å²) >= 11 is 2.78. The summed E-state index contributed by atoms with van der Waals surface area (Å²) < 4.78 is 0.965. The van der Waals surface area contributed by atoms with Gasteiger partial charge in [0.1, 0.15) is 12.3 Å². The molecule has 0 aliphatic carbocycles. The molecule has 0 aromatic carbocycles. The minimum Gasteiger partial charge on any atom is -0.481 e. The molecule has 0 saturated carbocycles. The van der Waals surface area contributed by atoms with Crippen molar-refractivity contribution in [1.29, 1.82) is 0 Å². The number of nitrogens with one attached hydrogen (secondary N) is 2. The molecule has 180 valence electrons. The topological polar surface area (TPSA) is 156 Å². The Bertz CT molecular complexity index is 1130. The lowest BCUT2D eigenvalue weighted by Crippen LogP contribution is -2.64. The molecule has 2 saturated heterocycles. The predicted octanol–water partition coefficient (Wildman–Crippen LogP) is 0.800. The average molecular weight is 508 g/mol. The van der Waals surface area contributed by atoms with Crippen molar-refractivity contribution in [3.63, 3.8) is 0 Å². The number of fused-ring (bicyclic) bond motifs is 2. The van der Waals surface area contributed by atoms with Crippen LogP contribution in [0, 0.1) is 0 Å². The van der Waals surface area contributed by atoms with E-state index in [1.165, 1.54) is 27.7 Å². The van der Waals surface area contributed by atoms with Crippen LogP contribution in [0.3, 0.4) is 0 Å². The third-order valence-corrected chi connectivity index (χ3v) is 7.67. The Kier molecular flexibility index (Phi) is 6.79. The number of aliphatic carboxylic acids is 1. The molecule has 2 aromatic rings. The number of carboxylic acids is 1. The lowest BCUT2D eigenvalue weighted by molar-refractivity contribution is -0.155. The van der Waals surface area contributed by atoms with E-state index < -0.39 is 48.2 Å². The van der Waals surface area contributed by atoms with Crippen LogP contribution >= 0.6 is 22.7 Å². The SMILES string of the molecule is O=C[C@H](CC(=O)O)NC(=O)[C@@H]1CCCN2C(=O)CCN(NC(=O)c3cc4ccsc4s3)C(=O)N12. The van der Waals surface area contributed by atoms with Crippen molar-refractivity contribution in [3.8, 4) is 0 Å². The zero-order valence-electron chi connectivity index (χ0n) is 17.8. The van der Waals surface area contributed by atoms with Crippen molar-refractivity contribution in [1.82, 2.24) is 25.8 Å². The van der Waals surface area contributed by atoms with Crippen molar-refractivity contribution in [2.75, 3.05) is 13.1 Å². The maximum Gasteiger partial charge on any atom is 0.358 e. The fourth-order valence-electron chi connectivity index (χ4n) is 3.87. The van der Waals surface area contributed by atoms with Crippen molar-refractivity contribution in [2.45, 2.75) is 37.8 Å². The number of nitrogens with zero attached hydrogens (tertiary/aromatic N) is 3. The summed E-state index contributed by atoms with van der Waals surface area (Å²) in [5, 5.41) is 17.2. The highest BCUT2D eigenvalue weighted by Crippen LogP contribution is 2.30. The molecule has 5 amide bonds. The molecule has 2 atom stereocenters. The van der Waals surface area contributed by atoms with Gasteiger partial charge >= 0.3 is 12.0 Å². The van der Waals surface area contributed by atoms with E-state index in [-0.39, 0.29) is 25.9 Å². The first-order valence-electron chi connectivity index (χ1n) is 10.4. The van der Waals surface area contributed by atoms with Crippen molar-refractivity contribution >= 4 is 68.1 Å². The third kappa shape index (κ3) is 4.72. The first kappa shape index (κ1) is 23.6. The molecule has 0 unspecified atom stereocenters. The van der Waals surface area contributed by atoms with E-state index in [0.717, 1.165) is 19.4 Å². The molecular formula is C20H21N5O7S2. The van der Waals surface area contributed by atoms with E-state index in [4.69, 9.17) is 5.11 Å². The number of hydrogen-bond donors (Lipinski definition) is 3. The van der Waals surface area contributed by atoms with Gasteiger partial charge in [-0.3, -0.25) is 24.6 Å². The van der Waals surface area contributed by atoms with Gasteiger partial charge in [0, 0.05) is 18.4 Å². The monoisotopic (exact) mass is 507 g/mol. The Morgan fingerprint density at radius 1 is 1.26 bits per heavy atom. The van der Waals surface area contributed by atoms with Crippen LogP contribution in [0.1, 0.15) is 35.4 Å². The lowest BCUT2D eigenvalue weighted by atomic mass is 10.1. The van der Waals surface area contributed by atoms with Gasteiger partial charge in [-0.2, -0.15) is 0 Å². The van der Waals surface area contributed by atoms with Gasteiger partial charge in [0.05, 0.1) is 27.9 Å². The fourth-order valence-corrected chi connectivity index (χ4v) is 5.87. The molecule has 14 heteroatoms. The molecule has 34 heavy (non-hydrogen) atoms.